The molecule has 1 atom stereocenters. The van der Waals surface area contributed by atoms with Crippen LogP contribution in [-0.4, -0.2) is 18.1 Å². The van der Waals surface area contributed by atoms with Crippen molar-refractivity contribution in [3.63, 3.8) is 0 Å². The van der Waals surface area contributed by atoms with Crippen molar-refractivity contribution < 1.29 is 9.13 Å². The number of benzene rings is 1. The lowest BCUT2D eigenvalue weighted by Gasteiger charge is -2.19. The molecule has 1 aromatic carbocycles. The number of pyridine rings is 1. The van der Waals surface area contributed by atoms with E-state index in [2.05, 4.69) is 26.2 Å². The highest BCUT2D eigenvalue weighted by atomic mass is 79.9. The molecule has 0 saturated heterocycles. The Morgan fingerprint density at radius 2 is 2.05 bits per heavy atom. The van der Waals surface area contributed by atoms with Gasteiger partial charge in [-0.2, -0.15) is 0 Å². The summed E-state index contributed by atoms with van der Waals surface area (Å²) in [5, 5.41) is 3.35. The van der Waals surface area contributed by atoms with E-state index >= 15 is 0 Å². The summed E-state index contributed by atoms with van der Waals surface area (Å²) in [5.41, 5.74) is 1.80. The van der Waals surface area contributed by atoms with Crippen LogP contribution in [-0.2, 0) is 0 Å². The Morgan fingerprint density at radius 3 is 2.71 bits per heavy atom. The molecule has 2 rings (SSSR count). The molecule has 0 amide bonds. The summed E-state index contributed by atoms with van der Waals surface area (Å²) in [7, 11) is 0. The number of nitrogens with zero attached hydrogens (tertiary/aromatic N) is 1. The number of hydrogen-bond donors (Lipinski definition) is 1. The molecule has 1 heterocycles. The fourth-order valence-corrected chi connectivity index (χ4v) is 2.41. The summed E-state index contributed by atoms with van der Waals surface area (Å²) >= 11 is 3.18. The van der Waals surface area contributed by atoms with Crippen molar-refractivity contribution in [2.45, 2.75) is 19.9 Å². The maximum Gasteiger partial charge on any atom is 0.137 e. The molecule has 0 aliphatic carbocycles. The van der Waals surface area contributed by atoms with E-state index in [0.717, 1.165) is 23.4 Å². The number of halogens is 2. The van der Waals surface area contributed by atoms with Crippen molar-refractivity contribution in [2.75, 3.05) is 13.2 Å². The predicted molar refractivity (Wildman–Crippen MR) is 85.0 cm³/mol. The number of aromatic nitrogens is 1. The van der Waals surface area contributed by atoms with Gasteiger partial charge in [-0.15, -0.1) is 0 Å². The van der Waals surface area contributed by atoms with Gasteiger partial charge in [0.15, 0.2) is 0 Å². The highest BCUT2D eigenvalue weighted by molar-refractivity contribution is 9.10. The first-order valence-corrected chi connectivity index (χ1v) is 7.71. The SMILES string of the molecule is CCNC(c1cncc(OCC)c1)c1ccc(Br)c(F)c1. The smallest absolute Gasteiger partial charge is 0.137 e. The summed E-state index contributed by atoms with van der Waals surface area (Å²) in [6.07, 6.45) is 3.45. The van der Waals surface area contributed by atoms with Gasteiger partial charge < -0.3 is 10.1 Å². The van der Waals surface area contributed by atoms with Gasteiger partial charge in [0.05, 0.1) is 23.3 Å². The zero-order valence-corrected chi connectivity index (χ0v) is 13.7. The Hall–Kier alpha value is -1.46. The lowest BCUT2D eigenvalue weighted by Crippen LogP contribution is -2.22. The van der Waals surface area contributed by atoms with Crippen LogP contribution in [0.15, 0.2) is 41.1 Å². The minimum Gasteiger partial charge on any atom is -0.492 e. The molecule has 0 radical (unpaired) electrons. The molecule has 1 aromatic heterocycles. The monoisotopic (exact) mass is 352 g/mol. The molecule has 0 saturated carbocycles. The third kappa shape index (κ3) is 4.02. The Kier molecular flexibility index (Phi) is 5.70. The summed E-state index contributed by atoms with van der Waals surface area (Å²) < 4.78 is 19.7. The first-order chi connectivity index (χ1) is 10.2. The highest BCUT2D eigenvalue weighted by Gasteiger charge is 2.15. The van der Waals surface area contributed by atoms with Crippen molar-refractivity contribution in [1.82, 2.24) is 10.3 Å². The number of ether oxygens (including phenoxy) is 1. The van der Waals surface area contributed by atoms with Gasteiger partial charge in [-0.3, -0.25) is 4.98 Å². The van der Waals surface area contributed by atoms with Crippen molar-refractivity contribution in [3.05, 3.63) is 58.1 Å². The Balaban J connectivity index is 2.37. The molecule has 0 bridgehead atoms. The molecule has 5 heteroatoms. The molecule has 112 valence electrons. The lowest BCUT2D eigenvalue weighted by molar-refractivity contribution is 0.338. The van der Waals surface area contributed by atoms with E-state index in [9.17, 15) is 4.39 Å². The van der Waals surface area contributed by atoms with Crippen LogP contribution in [0.3, 0.4) is 0 Å². The van der Waals surface area contributed by atoms with Crippen LogP contribution < -0.4 is 10.1 Å². The predicted octanol–water partition coefficient (Wildman–Crippen LogP) is 4.08. The van der Waals surface area contributed by atoms with Crippen molar-refractivity contribution in [1.29, 1.82) is 0 Å². The summed E-state index contributed by atoms with van der Waals surface area (Å²) in [4.78, 5) is 4.20. The van der Waals surface area contributed by atoms with Gasteiger partial charge in [0.25, 0.3) is 0 Å². The fraction of sp³-hybridized carbons (Fsp3) is 0.312. The second kappa shape index (κ2) is 7.52. The second-order valence-corrected chi connectivity index (χ2v) is 5.41. The van der Waals surface area contributed by atoms with E-state index in [1.807, 2.05) is 26.0 Å². The van der Waals surface area contributed by atoms with Crippen LogP contribution in [0, 0.1) is 5.82 Å². The Bertz CT molecular complexity index is 607. The third-order valence-corrected chi connectivity index (χ3v) is 3.71. The lowest BCUT2D eigenvalue weighted by atomic mass is 10.00. The molecular weight excluding hydrogens is 335 g/mol. The molecular formula is C16H18BrFN2O. The molecule has 21 heavy (non-hydrogen) atoms. The fourth-order valence-electron chi connectivity index (χ4n) is 2.16. The van der Waals surface area contributed by atoms with Crippen molar-refractivity contribution >= 4 is 15.9 Å². The topological polar surface area (TPSA) is 34.2 Å². The van der Waals surface area contributed by atoms with Gasteiger partial charge in [0, 0.05) is 6.20 Å². The minimum atomic E-state index is -0.274. The number of hydrogen-bond acceptors (Lipinski definition) is 3. The van der Waals surface area contributed by atoms with Crippen LogP contribution in [0.2, 0.25) is 0 Å². The van der Waals surface area contributed by atoms with Gasteiger partial charge in [0.2, 0.25) is 0 Å². The van der Waals surface area contributed by atoms with E-state index in [1.165, 1.54) is 6.07 Å². The first-order valence-electron chi connectivity index (χ1n) is 6.91. The largest absolute Gasteiger partial charge is 0.492 e. The van der Waals surface area contributed by atoms with E-state index < -0.39 is 0 Å². The van der Waals surface area contributed by atoms with Crippen LogP contribution >= 0.6 is 15.9 Å². The van der Waals surface area contributed by atoms with E-state index in [0.29, 0.717) is 11.1 Å². The van der Waals surface area contributed by atoms with Crippen LogP contribution in [0.4, 0.5) is 4.39 Å². The maximum atomic E-state index is 13.8. The standard InChI is InChI=1S/C16H18BrFN2O/c1-3-20-16(11-5-6-14(17)15(18)8-11)12-7-13(21-4-2)10-19-9-12/h5-10,16,20H,3-4H2,1-2H3. The molecule has 1 unspecified atom stereocenters. The average Bonchev–Trinajstić information content (AvgIpc) is 2.48. The van der Waals surface area contributed by atoms with Crippen molar-refractivity contribution in [3.8, 4) is 5.75 Å². The number of rotatable bonds is 6. The average molecular weight is 353 g/mol. The summed E-state index contributed by atoms with van der Waals surface area (Å²) in [6, 6.07) is 6.96. The molecule has 3 nitrogen and oxygen atoms in total. The molecule has 2 aromatic rings. The maximum absolute atomic E-state index is 13.8. The Labute approximate surface area is 132 Å². The first kappa shape index (κ1) is 15.9. The Morgan fingerprint density at radius 1 is 1.24 bits per heavy atom. The van der Waals surface area contributed by atoms with Gasteiger partial charge in [-0.1, -0.05) is 13.0 Å². The quantitative estimate of drug-likeness (QED) is 0.850. The molecule has 0 aliphatic rings. The van der Waals surface area contributed by atoms with Gasteiger partial charge >= 0.3 is 0 Å². The van der Waals surface area contributed by atoms with Gasteiger partial charge in [-0.25, -0.2) is 4.39 Å². The second-order valence-electron chi connectivity index (χ2n) is 4.55. The van der Waals surface area contributed by atoms with Crippen LogP contribution in [0.1, 0.15) is 31.0 Å². The highest BCUT2D eigenvalue weighted by Crippen LogP contribution is 2.27. The van der Waals surface area contributed by atoms with Crippen LogP contribution in [0.5, 0.6) is 5.75 Å². The zero-order chi connectivity index (χ0) is 15.2. The van der Waals surface area contributed by atoms with Crippen LogP contribution in [0.25, 0.3) is 0 Å². The van der Waals surface area contributed by atoms with Crippen molar-refractivity contribution in [2.24, 2.45) is 0 Å². The van der Waals surface area contributed by atoms with Gasteiger partial charge in [0.1, 0.15) is 11.6 Å². The summed E-state index contributed by atoms with van der Waals surface area (Å²) in [5.74, 6) is 0.444. The number of nitrogens with one attached hydrogen (secondary N) is 1. The van der Waals surface area contributed by atoms with E-state index in [-0.39, 0.29) is 11.9 Å². The molecule has 1 N–H and O–H groups in total. The minimum absolute atomic E-state index is 0.120. The zero-order valence-electron chi connectivity index (χ0n) is 12.1. The molecule has 0 fully saturated rings. The normalized spacial score (nSPS) is 12.2. The molecule has 0 spiro atoms. The summed E-state index contributed by atoms with van der Waals surface area (Å²) in [6.45, 7) is 5.30. The third-order valence-electron chi connectivity index (χ3n) is 3.06. The van der Waals surface area contributed by atoms with Gasteiger partial charge in [-0.05, 0) is 58.7 Å². The molecule has 0 aliphatic heterocycles. The van der Waals surface area contributed by atoms with E-state index in [1.54, 1.807) is 18.5 Å². The van der Waals surface area contributed by atoms with E-state index in [4.69, 9.17) is 4.74 Å².